The van der Waals surface area contributed by atoms with E-state index >= 15 is 0 Å². The molecule has 0 unspecified atom stereocenters. The number of likely N-dealkylation sites (tertiary alicyclic amines) is 1. The maximum atomic E-state index is 12.1. The number of piperidine rings is 1. The van der Waals surface area contributed by atoms with Crippen molar-refractivity contribution in [3.05, 3.63) is 0 Å². The lowest BCUT2D eigenvalue weighted by Gasteiger charge is -2.32. The number of hydrogen-bond donors (Lipinski definition) is 1. The van der Waals surface area contributed by atoms with Crippen molar-refractivity contribution in [2.45, 2.75) is 45.1 Å². The standard InChI is InChI=1S/C15H29N3O/c1-3-8-16-11-13-6-9-18(10-7-13)12-15(19)17(2)14-4-5-14/h13-14,16H,3-12H2,1-2H3. The monoisotopic (exact) mass is 267 g/mol. The fraction of sp³-hybridized carbons (Fsp3) is 0.933. The summed E-state index contributed by atoms with van der Waals surface area (Å²) in [5.74, 6) is 1.11. The van der Waals surface area contributed by atoms with E-state index in [0.717, 1.165) is 32.1 Å². The third-order valence-electron chi connectivity index (χ3n) is 4.41. The highest BCUT2D eigenvalue weighted by Crippen LogP contribution is 2.25. The van der Waals surface area contributed by atoms with Crippen LogP contribution in [0.2, 0.25) is 0 Å². The number of nitrogens with zero attached hydrogens (tertiary/aromatic N) is 2. The molecule has 2 rings (SSSR count). The van der Waals surface area contributed by atoms with Crippen LogP contribution in [0.4, 0.5) is 0 Å². The summed E-state index contributed by atoms with van der Waals surface area (Å²) in [7, 11) is 1.96. The summed E-state index contributed by atoms with van der Waals surface area (Å²) >= 11 is 0. The molecule has 0 aromatic carbocycles. The van der Waals surface area contributed by atoms with Crippen molar-refractivity contribution in [2.24, 2.45) is 5.92 Å². The number of amides is 1. The number of carbonyl (C=O) groups excluding carboxylic acids is 1. The van der Waals surface area contributed by atoms with Gasteiger partial charge in [-0.1, -0.05) is 6.92 Å². The van der Waals surface area contributed by atoms with Crippen LogP contribution in [0, 0.1) is 5.92 Å². The van der Waals surface area contributed by atoms with Gasteiger partial charge < -0.3 is 10.2 Å². The van der Waals surface area contributed by atoms with Crippen LogP contribution in [-0.2, 0) is 4.79 Å². The van der Waals surface area contributed by atoms with Gasteiger partial charge in [0.1, 0.15) is 0 Å². The molecule has 0 aromatic rings. The summed E-state index contributed by atoms with van der Waals surface area (Å²) in [5.41, 5.74) is 0. The molecule has 4 nitrogen and oxygen atoms in total. The van der Waals surface area contributed by atoms with Gasteiger partial charge in [0.15, 0.2) is 0 Å². The van der Waals surface area contributed by atoms with Gasteiger partial charge in [0, 0.05) is 13.1 Å². The molecule has 1 aliphatic heterocycles. The van der Waals surface area contributed by atoms with Crippen molar-refractivity contribution in [1.29, 1.82) is 0 Å². The van der Waals surface area contributed by atoms with Gasteiger partial charge in [-0.3, -0.25) is 9.69 Å². The largest absolute Gasteiger partial charge is 0.342 e. The van der Waals surface area contributed by atoms with Gasteiger partial charge in [0.2, 0.25) is 5.91 Å². The van der Waals surface area contributed by atoms with E-state index in [0.29, 0.717) is 18.5 Å². The number of nitrogens with one attached hydrogen (secondary N) is 1. The zero-order chi connectivity index (χ0) is 13.7. The van der Waals surface area contributed by atoms with E-state index in [1.165, 1.54) is 32.1 Å². The van der Waals surface area contributed by atoms with Crippen LogP contribution in [0.3, 0.4) is 0 Å². The van der Waals surface area contributed by atoms with Gasteiger partial charge in [-0.25, -0.2) is 0 Å². The topological polar surface area (TPSA) is 35.6 Å². The number of likely N-dealkylation sites (N-methyl/N-ethyl adjacent to an activating group) is 1. The Kier molecular flexibility index (Phi) is 5.64. The predicted octanol–water partition coefficient (Wildman–Crippen LogP) is 1.32. The number of carbonyl (C=O) groups is 1. The van der Waals surface area contributed by atoms with Crippen LogP contribution in [0.25, 0.3) is 0 Å². The van der Waals surface area contributed by atoms with Crippen LogP contribution in [0.1, 0.15) is 39.0 Å². The molecule has 1 saturated heterocycles. The molecule has 1 amide bonds. The zero-order valence-electron chi connectivity index (χ0n) is 12.5. The summed E-state index contributed by atoms with van der Waals surface area (Å²) in [6.45, 7) is 7.29. The maximum Gasteiger partial charge on any atom is 0.236 e. The fourth-order valence-corrected chi connectivity index (χ4v) is 2.80. The Balaban J connectivity index is 1.61. The van der Waals surface area contributed by atoms with Crippen molar-refractivity contribution < 1.29 is 4.79 Å². The van der Waals surface area contributed by atoms with Gasteiger partial charge in [0.25, 0.3) is 0 Å². The van der Waals surface area contributed by atoms with Gasteiger partial charge in [-0.2, -0.15) is 0 Å². The lowest BCUT2D eigenvalue weighted by Crippen LogP contribution is -2.44. The Hall–Kier alpha value is -0.610. The molecule has 0 atom stereocenters. The molecule has 110 valence electrons. The molecule has 0 spiro atoms. The summed E-state index contributed by atoms with van der Waals surface area (Å²) in [6, 6.07) is 0.545. The highest BCUT2D eigenvalue weighted by Gasteiger charge is 2.30. The molecule has 0 bridgehead atoms. The smallest absolute Gasteiger partial charge is 0.236 e. The molecule has 0 aromatic heterocycles. The molecular weight excluding hydrogens is 238 g/mol. The van der Waals surface area contributed by atoms with E-state index in [-0.39, 0.29) is 0 Å². The van der Waals surface area contributed by atoms with Gasteiger partial charge in [0.05, 0.1) is 6.54 Å². The second-order valence-electron chi connectivity index (χ2n) is 6.16. The molecule has 2 aliphatic rings. The summed E-state index contributed by atoms with van der Waals surface area (Å²) in [5, 5.41) is 3.51. The first-order valence-corrected chi connectivity index (χ1v) is 7.89. The first-order valence-electron chi connectivity index (χ1n) is 7.89. The third kappa shape index (κ3) is 4.77. The van der Waals surface area contributed by atoms with E-state index in [9.17, 15) is 4.79 Å². The lowest BCUT2D eigenvalue weighted by atomic mass is 9.97. The third-order valence-corrected chi connectivity index (χ3v) is 4.41. The summed E-state index contributed by atoms with van der Waals surface area (Å²) in [6.07, 6.45) is 6.08. The van der Waals surface area contributed by atoms with Gasteiger partial charge >= 0.3 is 0 Å². The second-order valence-corrected chi connectivity index (χ2v) is 6.16. The number of hydrogen-bond acceptors (Lipinski definition) is 3. The minimum absolute atomic E-state index is 0.310. The van der Waals surface area contributed by atoms with E-state index in [1.807, 2.05) is 11.9 Å². The molecule has 1 heterocycles. The average molecular weight is 267 g/mol. The zero-order valence-corrected chi connectivity index (χ0v) is 12.5. The first kappa shape index (κ1) is 14.8. The Morgan fingerprint density at radius 2 is 1.95 bits per heavy atom. The Morgan fingerprint density at radius 1 is 1.26 bits per heavy atom. The highest BCUT2D eigenvalue weighted by molar-refractivity contribution is 5.78. The quantitative estimate of drug-likeness (QED) is 0.707. The molecule has 4 heteroatoms. The molecule has 1 saturated carbocycles. The summed E-state index contributed by atoms with van der Waals surface area (Å²) < 4.78 is 0. The van der Waals surface area contributed by atoms with Crippen LogP contribution < -0.4 is 5.32 Å². The predicted molar refractivity (Wildman–Crippen MR) is 78.1 cm³/mol. The maximum absolute atomic E-state index is 12.1. The fourth-order valence-electron chi connectivity index (χ4n) is 2.80. The molecule has 0 radical (unpaired) electrons. The highest BCUT2D eigenvalue weighted by atomic mass is 16.2. The Labute approximate surface area is 117 Å². The van der Waals surface area contributed by atoms with Crippen LogP contribution in [-0.4, -0.2) is 61.5 Å². The summed E-state index contributed by atoms with van der Waals surface area (Å²) in [4.78, 5) is 16.3. The minimum Gasteiger partial charge on any atom is -0.342 e. The molecule has 19 heavy (non-hydrogen) atoms. The van der Waals surface area contributed by atoms with Crippen LogP contribution >= 0.6 is 0 Å². The Morgan fingerprint density at radius 3 is 2.53 bits per heavy atom. The van der Waals surface area contributed by atoms with Crippen LogP contribution in [0.5, 0.6) is 0 Å². The van der Waals surface area contributed by atoms with Gasteiger partial charge in [-0.15, -0.1) is 0 Å². The second kappa shape index (κ2) is 7.25. The molecule has 2 fully saturated rings. The van der Waals surface area contributed by atoms with Crippen molar-refractivity contribution in [2.75, 3.05) is 39.8 Å². The van der Waals surface area contributed by atoms with E-state index in [2.05, 4.69) is 17.1 Å². The van der Waals surface area contributed by atoms with Crippen molar-refractivity contribution in [3.63, 3.8) is 0 Å². The normalized spacial score (nSPS) is 21.6. The van der Waals surface area contributed by atoms with E-state index < -0.39 is 0 Å². The lowest BCUT2D eigenvalue weighted by molar-refractivity contribution is -0.131. The van der Waals surface area contributed by atoms with E-state index in [4.69, 9.17) is 0 Å². The van der Waals surface area contributed by atoms with E-state index in [1.54, 1.807) is 0 Å². The molecule has 1 N–H and O–H groups in total. The minimum atomic E-state index is 0.310. The first-order chi connectivity index (χ1) is 9.20. The van der Waals surface area contributed by atoms with Crippen molar-refractivity contribution in [3.8, 4) is 0 Å². The molecular formula is C15H29N3O. The van der Waals surface area contributed by atoms with Crippen molar-refractivity contribution in [1.82, 2.24) is 15.1 Å². The molecule has 1 aliphatic carbocycles. The van der Waals surface area contributed by atoms with Gasteiger partial charge in [-0.05, 0) is 64.2 Å². The average Bonchev–Trinajstić information content (AvgIpc) is 3.24. The van der Waals surface area contributed by atoms with Crippen LogP contribution in [0.15, 0.2) is 0 Å². The van der Waals surface area contributed by atoms with Crippen molar-refractivity contribution >= 4 is 5.91 Å². The SMILES string of the molecule is CCCNCC1CCN(CC(=O)N(C)C2CC2)CC1. The Bertz CT molecular complexity index is 283. The number of rotatable bonds is 7.